The Balaban J connectivity index is 0.00000153. The number of aliphatic hydroxyl groups is 1. The van der Waals surface area contributed by atoms with Gasteiger partial charge in [-0.05, 0) is 67.5 Å². The lowest BCUT2D eigenvalue weighted by Crippen LogP contribution is -2.46. The minimum Gasteiger partial charge on any atom is -0.483 e. The van der Waals surface area contributed by atoms with Gasteiger partial charge in [-0.15, -0.1) is 0 Å². The van der Waals surface area contributed by atoms with Gasteiger partial charge in [0.15, 0.2) is 0 Å². The second kappa shape index (κ2) is 16.2. The average molecular weight is 508 g/mol. The summed E-state index contributed by atoms with van der Waals surface area (Å²) < 4.78 is 6.10. The molecule has 0 spiro atoms. The van der Waals surface area contributed by atoms with Crippen molar-refractivity contribution in [2.75, 3.05) is 13.2 Å². The second-order valence-corrected chi connectivity index (χ2v) is 10.4. The molecule has 3 aromatic rings. The molecular formula is C32H45NO4. The lowest BCUT2D eigenvalue weighted by molar-refractivity contribution is -0.122. The Morgan fingerprint density at radius 1 is 0.973 bits per heavy atom. The minimum absolute atomic E-state index is 0.0253. The van der Waals surface area contributed by atoms with Crippen LogP contribution in [-0.4, -0.2) is 41.5 Å². The number of carboxylic acid groups (broad SMARTS) is 1. The van der Waals surface area contributed by atoms with E-state index in [0.717, 1.165) is 12.8 Å². The highest BCUT2D eigenvalue weighted by Gasteiger charge is 2.20. The number of benzene rings is 3. The van der Waals surface area contributed by atoms with E-state index in [1.54, 1.807) is 0 Å². The summed E-state index contributed by atoms with van der Waals surface area (Å²) in [6, 6.07) is 23.7. The quantitative estimate of drug-likeness (QED) is 0.167. The zero-order valence-corrected chi connectivity index (χ0v) is 23.0. The normalized spacial score (nSPS) is 13.0. The first kappa shape index (κ1) is 30.5. The maximum Gasteiger partial charge on any atom is 0.290 e. The van der Waals surface area contributed by atoms with Crippen molar-refractivity contribution in [3.63, 3.8) is 0 Å². The standard InChI is InChI=1S/C31H43NO2.CH2O2/c1-5-6-7-8-14-27-15-11-12-17-30(27)24(2)34-23-29(33)22-32-31(3,4)21-25-18-19-26-13-9-10-16-28(26)20-25;2-1-3/h9-13,15-20,24,29,32-33H,5-8,14,21-23H2,1-4H3;1H,(H,2,3). The fourth-order valence-corrected chi connectivity index (χ4v) is 4.62. The number of hydrogen-bond acceptors (Lipinski definition) is 4. The third-order valence-corrected chi connectivity index (χ3v) is 6.61. The summed E-state index contributed by atoms with van der Waals surface area (Å²) in [5.41, 5.74) is 3.79. The molecule has 5 nitrogen and oxygen atoms in total. The van der Waals surface area contributed by atoms with Crippen molar-refractivity contribution in [1.29, 1.82) is 0 Å². The van der Waals surface area contributed by atoms with Crippen molar-refractivity contribution >= 4 is 17.2 Å². The monoisotopic (exact) mass is 507 g/mol. The summed E-state index contributed by atoms with van der Waals surface area (Å²) in [4.78, 5) is 8.36. The SMILES string of the molecule is CCCCCCc1ccccc1C(C)OCC(O)CNC(C)(C)Cc1ccc2ccccc2c1.O=CO. The zero-order chi connectivity index (χ0) is 27.1. The first-order valence-electron chi connectivity index (χ1n) is 13.5. The van der Waals surface area contributed by atoms with E-state index in [2.05, 4.69) is 99.7 Å². The van der Waals surface area contributed by atoms with Gasteiger partial charge in [0.1, 0.15) is 0 Å². The zero-order valence-electron chi connectivity index (χ0n) is 23.0. The number of rotatable bonds is 14. The van der Waals surface area contributed by atoms with Gasteiger partial charge in [0.2, 0.25) is 0 Å². The van der Waals surface area contributed by atoms with Gasteiger partial charge < -0.3 is 20.3 Å². The van der Waals surface area contributed by atoms with Gasteiger partial charge in [-0.25, -0.2) is 0 Å². The number of β-amino-alcohol motifs (C(OH)–C–C–N with tert-alkyl or cyclic N) is 1. The Labute approximate surface area is 222 Å². The van der Waals surface area contributed by atoms with E-state index in [9.17, 15) is 5.11 Å². The maximum atomic E-state index is 10.6. The molecular weight excluding hydrogens is 462 g/mol. The number of unbranched alkanes of at least 4 members (excludes halogenated alkanes) is 3. The summed E-state index contributed by atoms with van der Waals surface area (Å²) in [5.74, 6) is 0. The molecule has 0 bridgehead atoms. The first-order chi connectivity index (χ1) is 17.8. The number of aliphatic hydroxyl groups excluding tert-OH is 1. The highest BCUT2D eigenvalue weighted by atomic mass is 16.5. The molecule has 0 saturated carbocycles. The molecule has 2 atom stereocenters. The Hall–Kier alpha value is -2.73. The highest BCUT2D eigenvalue weighted by Crippen LogP contribution is 2.23. The molecule has 202 valence electrons. The predicted octanol–water partition coefficient (Wildman–Crippen LogP) is 6.71. The Bertz CT molecular complexity index is 1070. The molecule has 0 aliphatic carbocycles. The van der Waals surface area contributed by atoms with Crippen molar-refractivity contribution in [2.45, 2.75) is 84.0 Å². The molecule has 0 saturated heterocycles. The molecule has 3 N–H and O–H groups in total. The van der Waals surface area contributed by atoms with Crippen LogP contribution >= 0.6 is 0 Å². The molecule has 3 aromatic carbocycles. The lowest BCUT2D eigenvalue weighted by Gasteiger charge is -2.28. The average Bonchev–Trinajstić information content (AvgIpc) is 2.89. The third-order valence-electron chi connectivity index (χ3n) is 6.61. The number of carbonyl (C=O) groups is 1. The van der Waals surface area contributed by atoms with Crippen LogP contribution in [0.2, 0.25) is 0 Å². The van der Waals surface area contributed by atoms with Crippen LogP contribution in [0.1, 0.15) is 76.2 Å². The third kappa shape index (κ3) is 11.0. The van der Waals surface area contributed by atoms with Gasteiger partial charge in [0.05, 0.1) is 18.8 Å². The molecule has 0 amide bonds. The molecule has 2 unspecified atom stereocenters. The van der Waals surface area contributed by atoms with E-state index in [4.69, 9.17) is 14.6 Å². The molecule has 0 fully saturated rings. The van der Waals surface area contributed by atoms with E-state index in [1.807, 2.05) is 0 Å². The van der Waals surface area contributed by atoms with Crippen LogP contribution < -0.4 is 5.32 Å². The number of hydrogen-bond donors (Lipinski definition) is 3. The minimum atomic E-state index is -0.546. The van der Waals surface area contributed by atoms with E-state index in [1.165, 1.54) is 53.1 Å². The molecule has 0 heterocycles. The van der Waals surface area contributed by atoms with Crippen LogP contribution in [0, 0.1) is 0 Å². The summed E-state index contributed by atoms with van der Waals surface area (Å²) in [6.07, 6.45) is 6.47. The number of aryl methyl sites for hydroxylation is 1. The van der Waals surface area contributed by atoms with E-state index in [-0.39, 0.29) is 18.1 Å². The molecule has 37 heavy (non-hydrogen) atoms. The summed E-state index contributed by atoms with van der Waals surface area (Å²) in [7, 11) is 0. The molecule has 0 aromatic heterocycles. The fourth-order valence-electron chi connectivity index (χ4n) is 4.62. The van der Waals surface area contributed by atoms with E-state index >= 15 is 0 Å². The molecule has 0 radical (unpaired) electrons. The van der Waals surface area contributed by atoms with Crippen LogP contribution in [0.15, 0.2) is 66.7 Å². The largest absolute Gasteiger partial charge is 0.483 e. The van der Waals surface area contributed by atoms with Crippen LogP contribution in [0.25, 0.3) is 10.8 Å². The van der Waals surface area contributed by atoms with Gasteiger partial charge in [-0.3, -0.25) is 4.79 Å². The maximum absolute atomic E-state index is 10.6. The number of ether oxygens (including phenoxy) is 1. The molecule has 0 aliphatic heterocycles. The summed E-state index contributed by atoms with van der Waals surface area (Å²) in [6.45, 7) is 9.29. The lowest BCUT2D eigenvalue weighted by atomic mass is 9.93. The van der Waals surface area contributed by atoms with Crippen LogP contribution in [0.5, 0.6) is 0 Å². The van der Waals surface area contributed by atoms with Crippen LogP contribution in [0.3, 0.4) is 0 Å². The van der Waals surface area contributed by atoms with Gasteiger partial charge in [-0.1, -0.05) is 92.9 Å². The van der Waals surface area contributed by atoms with Crippen molar-refractivity contribution in [2.24, 2.45) is 0 Å². The van der Waals surface area contributed by atoms with E-state index < -0.39 is 6.10 Å². The predicted molar refractivity (Wildman–Crippen MR) is 153 cm³/mol. The van der Waals surface area contributed by atoms with Crippen molar-refractivity contribution in [3.05, 3.63) is 83.4 Å². The number of nitrogens with one attached hydrogen (secondary N) is 1. The van der Waals surface area contributed by atoms with Gasteiger partial charge in [-0.2, -0.15) is 0 Å². The smallest absolute Gasteiger partial charge is 0.290 e. The summed E-state index contributed by atoms with van der Waals surface area (Å²) >= 11 is 0. The first-order valence-corrected chi connectivity index (χ1v) is 13.5. The topological polar surface area (TPSA) is 78.8 Å². The molecule has 0 aliphatic rings. The molecule has 5 heteroatoms. The Morgan fingerprint density at radius 3 is 2.38 bits per heavy atom. The van der Waals surface area contributed by atoms with Crippen LogP contribution in [0.4, 0.5) is 0 Å². The highest BCUT2D eigenvalue weighted by molar-refractivity contribution is 5.83. The fraction of sp³-hybridized carbons (Fsp3) is 0.469. The number of fused-ring (bicyclic) bond motifs is 1. The Kier molecular flexibility index (Phi) is 13.3. The van der Waals surface area contributed by atoms with Crippen molar-refractivity contribution in [3.8, 4) is 0 Å². The van der Waals surface area contributed by atoms with Gasteiger partial charge in [0, 0.05) is 12.1 Å². The Morgan fingerprint density at radius 2 is 1.65 bits per heavy atom. The summed E-state index contributed by atoms with van der Waals surface area (Å²) in [5, 5.41) is 23.6. The van der Waals surface area contributed by atoms with Crippen molar-refractivity contribution < 1.29 is 19.7 Å². The van der Waals surface area contributed by atoms with Crippen LogP contribution in [-0.2, 0) is 22.4 Å². The molecule has 3 rings (SSSR count). The van der Waals surface area contributed by atoms with Crippen molar-refractivity contribution in [1.82, 2.24) is 5.32 Å². The van der Waals surface area contributed by atoms with Gasteiger partial charge in [0.25, 0.3) is 6.47 Å². The van der Waals surface area contributed by atoms with E-state index in [0.29, 0.717) is 13.2 Å². The second-order valence-electron chi connectivity index (χ2n) is 10.4. The van der Waals surface area contributed by atoms with Gasteiger partial charge >= 0.3 is 0 Å².